The number of rotatable bonds is 5. The molecule has 0 saturated carbocycles. The maximum Gasteiger partial charge on any atom is 0.274 e. The van der Waals surface area contributed by atoms with Crippen molar-refractivity contribution in [1.82, 2.24) is 4.98 Å². The number of amides is 1. The highest BCUT2D eigenvalue weighted by atomic mass is 32.2. The highest BCUT2D eigenvalue weighted by molar-refractivity contribution is 7.92. The van der Waals surface area contributed by atoms with Gasteiger partial charge in [0.15, 0.2) is 9.84 Å². The van der Waals surface area contributed by atoms with Crippen LogP contribution < -0.4 is 11.1 Å². The fourth-order valence-electron chi connectivity index (χ4n) is 3.38. The van der Waals surface area contributed by atoms with Crippen LogP contribution in [0.4, 0.5) is 18.9 Å². The van der Waals surface area contributed by atoms with Crippen LogP contribution in [0, 0.1) is 11.6 Å². The van der Waals surface area contributed by atoms with Gasteiger partial charge in [-0.3, -0.25) is 9.79 Å². The molecule has 3 N–H and O–H groups in total. The van der Waals surface area contributed by atoms with E-state index in [2.05, 4.69) is 15.3 Å². The van der Waals surface area contributed by atoms with Crippen LogP contribution >= 0.6 is 0 Å². The van der Waals surface area contributed by atoms with Crippen molar-refractivity contribution in [3.63, 3.8) is 0 Å². The third kappa shape index (κ3) is 4.14. The Balaban J connectivity index is 1.98. The molecule has 0 saturated heterocycles. The summed E-state index contributed by atoms with van der Waals surface area (Å²) in [7, 11) is -3.65. The van der Waals surface area contributed by atoms with Crippen LogP contribution in [0.5, 0.6) is 0 Å². The molecule has 1 aromatic heterocycles. The van der Waals surface area contributed by atoms with Gasteiger partial charge in [0.25, 0.3) is 5.91 Å². The standard InChI is InChI=1S/C20H21F3N4O3S/c1-19(31(2,29)30)7-8-20(11-21,27-18(19)24)14-9-13(4-5-15(14)23)26-17(28)16-6-3-12(22)10-25-16/h3-6,9-10H,7-8,11H2,1-2H3,(H2,24,27)(H,26,28)/t19-,20-/m1/s1. The lowest BCUT2D eigenvalue weighted by atomic mass is 9.80. The first-order valence-electron chi connectivity index (χ1n) is 9.26. The summed E-state index contributed by atoms with van der Waals surface area (Å²) >= 11 is 0. The predicted octanol–water partition coefficient (Wildman–Crippen LogP) is 2.73. The highest BCUT2D eigenvalue weighted by Crippen LogP contribution is 2.42. The van der Waals surface area contributed by atoms with Crippen molar-refractivity contribution in [2.24, 2.45) is 10.7 Å². The van der Waals surface area contributed by atoms with E-state index in [4.69, 9.17) is 5.73 Å². The molecule has 0 bridgehead atoms. The van der Waals surface area contributed by atoms with Crippen LogP contribution in [0.25, 0.3) is 0 Å². The first kappa shape index (κ1) is 22.7. The average Bonchev–Trinajstić information content (AvgIpc) is 2.71. The van der Waals surface area contributed by atoms with Crippen molar-refractivity contribution in [3.05, 3.63) is 59.4 Å². The first-order valence-corrected chi connectivity index (χ1v) is 11.2. The quantitative estimate of drug-likeness (QED) is 0.721. The van der Waals surface area contributed by atoms with Crippen molar-refractivity contribution in [2.45, 2.75) is 30.1 Å². The maximum atomic E-state index is 14.7. The van der Waals surface area contributed by atoms with Crippen molar-refractivity contribution in [1.29, 1.82) is 0 Å². The van der Waals surface area contributed by atoms with Crippen LogP contribution in [0.2, 0.25) is 0 Å². The molecule has 0 radical (unpaired) electrons. The van der Waals surface area contributed by atoms with Crippen LogP contribution in [-0.2, 0) is 15.4 Å². The molecular weight excluding hydrogens is 433 g/mol. The third-order valence-electron chi connectivity index (χ3n) is 5.62. The van der Waals surface area contributed by atoms with E-state index in [1.165, 1.54) is 25.1 Å². The molecule has 0 unspecified atom stereocenters. The van der Waals surface area contributed by atoms with Gasteiger partial charge >= 0.3 is 0 Å². The van der Waals surface area contributed by atoms with E-state index in [1.807, 2.05) is 0 Å². The molecule has 1 aromatic carbocycles. The molecule has 0 aliphatic carbocycles. The van der Waals surface area contributed by atoms with E-state index in [-0.39, 0.29) is 35.6 Å². The Morgan fingerprint density at radius 2 is 1.94 bits per heavy atom. The number of sulfone groups is 1. The van der Waals surface area contributed by atoms with Crippen LogP contribution in [0.3, 0.4) is 0 Å². The van der Waals surface area contributed by atoms with E-state index in [0.29, 0.717) is 0 Å². The second-order valence-corrected chi connectivity index (χ2v) is 10.1. The number of halogens is 3. The summed E-state index contributed by atoms with van der Waals surface area (Å²) in [5, 5.41) is 2.49. The van der Waals surface area contributed by atoms with Crippen molar-refractivity contribution in [2.75, 3.05) is 18.2 Å². The first-order chi connectivity index (χ1) is 14.4. The number of pyridine rings is 1. The van der Waals surface area contributed by atoms with Gasteiger partial charge in [0.05, 0.1) is 6.20 Å². The van der Waals surface area contributed by atoms with E-state index in [9.17, 15) is 26.4 Å². The van der Waals surface area contributed by atoms with Crippen LogP contribution in [-0.4, -0.2) is 42.8 Å². The van der Waals surface area contributed by atoms with Crippen molar-refractivity contribution >= 4 is 27.3 Å². The molecule has 11 heteroatoms. The number of nitrogens with two attached hydrogens (primary N) is 1. The Kier molecular flexibility index (Phi) is 5.83. The van der Waals surface area contributed by atoms with Crippen molar-refractivity contribution in [3.8, 4) is 0 Å². The average molecular weight is 454 g/mol. The Labute approximate surface area is 177 Å². The number of alkyl halides is 1. The summed E-state index contributed by atoms with van der Waals surface area (Å²) in [6.45, 7) is 0.271. The predicted molar refractivity (Wildman–Crippen MR) is 110 cm³/mol. The normalized spacial score (nSPS) is 23.8. The summed E-state index contributed by atoms with van der Waals surface area (Å²) in [4.78, 5) is 20.1. The number of carbonyl (C=O) groups excluding carboxylic acids is 1. The number of nitrogens with zero attached hydrogens (tertiary/aromatic N) is 2. The largest absolute Gasteiger partial charge is 0.386 e. The highest BCUT2D eigenvalue weighted by Gasteiger charge is 2.49. The second kappa shape index (κ2) is 7.95. The zero-order valence-electron chi connectivity index (χ0n) is 16.8. The summed E-state index contributed by atoms with van der Waals surface area (Å²) in [5.41, 5.74) is 4.08. The second-order valence-electron chi connectivity index (χ2n) is 7.68. The summed E-state index contributed by atoms with van der Waals surface area (Å²) in [6, 6.07) is 5.76. The number of carbonyl (C=O) groups is 1. The molecule has 31 heavy (non-hydrogen) atoms. The Morgan fingerprint density at radius 1 is 1.23 bits per heavy atom. The maximum absolute atomic E-state index is 14.7. The lowest BCUT2D eigenvalue weighted by Crippen LogP contribution is -2.53. The number of aliphatic imine (C=N–C) groups is 1. The molecule has 7 nitrogen and oxygen atoms in total. The molecule has 2 atom stereocenters. The number of benzene rings is 1. The topological polar surface area (TPSA) is 115 Å². The van der Waals surface area contributed by atoms with Gasteiger partial charge in [-0.2, -0.15) is 0 Å². The fourth-order valence-corrected chi connectivity index (χ4v) is 4.28. The molecule has 2 heterocycles. The third-order valence-corrected chi connectivity index (χ3v) is 7.67. The zero-order valence-corrected chi connectivity index (χ0v) is 17.6. The van der Waals surface area contributed by atoms with E-state index in [1.54, 1.807) is 0 Å². The Hall–Kier alpha value is -2.95. The van der Waals surface area contributed by atoms with Crippen LogP contribution in [0.15, 0.2) is 41.5 Å². The molecule has 1 amide bonds. The van der Waals surface area contributed by atoms with E-state index in [0.717, 1.165) is 24.6 Å². The van der Waals surface area contributed by atoms with Gasteiger partial charge < -0.3 is 11.1 Å². The zero-order chi connectivity index (χ0) is 23.0. The lowest BCUT2D eigenvalue weighted by Gasteiger charge is -2.39. The number of aromatic nitrogens is 1. The van der Waals surface area contributed by atoms with Gasteiger partial charge in [0.1, 0.15) is 40.1 Å². The van der Waals surface area contributed by atoms with Gasteiger partial charge in [-0.25, -0.2) is 26.6 Å². The molecule has 2 aromatic rings. The van der Waals surface area contributed by atoms with Crippen molar-refractivity contribution < 1.29 is 26.4 Å². The summed E-state index contributed by atoms with van der Waals surface area (Å²) in [6.07, 6.45) is 1.72. The van der Waals surface area contributed by atoms with Gasteiger partial charge in [0.2, 0.25) is 0 Å². The van der Waals surface area contributed by atoms with Gasteiger partial charge in [-0.1, -0.05) is 0 Å². The lowest BCUT2D eigenvalue weighted by molar-refractivity contribution is 0.102. The smallest absolute Gasteiger partial charge is 0.274 e. The number of hydrogen-bond acceptors (Lipinski definition) is 6. The minimum absolute atomic E-state index is 0.0549. The number of anilines is 1. The Morgan fingerprint density at radius 3 is 2.48 bits per heavy atom. The molecule has 0 spiro atoms. The minimum Gasteiger partial charge on any atom is -0.386 e. The van der Waals surface area contributed by atoms with Gasteiger partial charge in [0, 0.05) is 17.5 Å². The number of nitrogens with one attached hydrogen (secondary N) is 1. The molecule has 1 aliphatic rings. The van der Waals surface area contributed by atoms with Gasteiger partial charge in [-0.15, -0.1) is 0 Å². The van der Waals surface area contributed by atoms with Crippen LogP contribution in [0.1, 0.15) is 35.8 Å². The number of hydrogen-bond donors (Lipinski definition) is 2. The summed E-state index contributed by atoms with van der Waals surface area (Å²) < 4.78 is 64.7. The van der Waals surface area contributed by atoms with E-state index < -0.39 is 44.3 Å². The van der Waals surface area contributed by atoms with Gasteiger partial charge in [-0.05, 0) is 50.1 Å². The van der Waals surface area contributed by atoms with E-state index >= 15 is 0 Å². The molecule has 3 rings (SSSR count). The Bertz CT molecular complexity index is 1150. The molecular formula is C20H21F3N4O3S. The fraction of sp³-hybridized carbons (Fsp3) is 0.350. The monoisotopic (exact) mass is 454 g/mol. The SMILES string of the molecule is C[C@@]1(S(C)(=O)=O)CC[C@@](CF)(c2cc(NC(=O)c3ccc(F)cn3)ccc2F)N=C1N. The minimum atomic E-state index is -3.65. The molecule has 0 fully saturated rings. The number of amidine groups is 1. The molecule has 1 aliphatic heterocycles. The summed E-state index contributed by atoms with van der Waals surface area (Å²) in [5.74, 6) is -2.37. The molecule has 166 valence electrons.